The fourth-order valence-corrected chi connectivity index (χ4v) is 3.68. The van der Waals surface area contributed by atoms with Crippen LogP contribution in [0, 0.1) is 5.92 Å². The van der Waals surface area contributed by atoms with Gasteiger partial charge in [-0.25, -0.2) is 4.79 Å². The van der Waals surface area contributed by atoms with Crippen LogP contribution < -0.4 is 5.32 Å². The summed E-state index contributed by atoms with van der Waals surface area (Å²) >= 11 is 7.88. The first kappa shape index (κ1) is 14.0. The highest BCUT2D eigenvalue weighted by atomic mass is 79.9. The topological polar surface area (TPSA) is 66.4 Å². The monoisotopic (exact) mass is 395 g/mol. The predicted molar refractivity (Wildman–Crippen MR) is 76.0 cm³/mol. The Kier molecular flexibility index (Phi) is 3.85. The third-order valence-electron chi connectivity index (χ3n) is 3.08. The van der Waals surface area contributed by atoms with Crippen molar-refractivity contribution in [3.63, 3.8) is 0 Å². The molecule has 18 heavy (non-hydrogen) atoms. The molecule has 1 heterocycles. The normalized spacial score (nSPS) is 18.2. The van der Waals surface area contributed by atoms with E-state index in [0.717, 1.165) is 21.1 Å². The van der Waals surface area contributed by atoms with Crippen LogP contribution in [-0.4, -0.2) is 22.5 Å². The van der Waals surface area contributed by atoms with Crippen LogP contribution in [0.15, 0.2) is 14.3 Å². The molecular weight excluding hydrogens is 386 g/mol. The first-order valence-electron chi connectivity index (χ1n) is 5.35. The molecule has 0 spiro atoms. The largest absolute Gasteiger partial charge is 0.480 e. The lowest BCUT2D eigenvalue weighted by Gasteiger charge is -2.25. The Morgan fingerprint density at radius 1 is 1.50 bits per heavy atom. The van der Waals surface area contributed by atoms with Gasteiger partial charge in [-0.3, -0.25) is 4.79 Å². The smallest absolute Gasteiger partial charge is 0.329 e. The predicted octanol–water partition coefficient (Wildman–Crippen LogP) is 3.26. The van der Waals surface area contributed by atoms with Gasteiger partial charge in [0.25, 0.3) is 5.91 Å². The molecule has 1 aromatic rings. The van der Waals surface area contributed by atoms with Crippen LogP contribution in [0.1, 0.15) is 29.4 Å². The highest BCUT2D eigenvalue weighted by Gasteiger charge is 2.48. The Balaban J connectivity index is 2.17. The van der Waals surface area contributed by atoms with Crippen LogP contribution in [0.2, 0.25) is 0 Å². The second kappa shape index (κ2) is 4.94. The van der Waals surface area contributed by atoms with Crippen molar-refractivity contribution in [3.05, 3.63) is 19.2 Å². The third-order valence-corrected chi connectivity index (χ3v) is 6.34. The molecule has 1 fully saturated rings. The molecule has 0 bridgehead atoms. The highest BCUT2D eigenvalue weighted by molar-refractivity contribution is 9.13. The van der Waals surface area contributed by atoms with Gasteiger partial charge < -0.3 is 10.4 Å². The Hall–Kier alpha value is -0.400. The van der Waals surface area contributed by atoms with E-state index in [-0.39, 0.29) is 11.8 Å². The third kappa shape index (κ3) is 2.62. The van der Waals surface area contributed by atoms with Crippen molar-refractivity contribution in [2.45, 2.75) is 25.3 Å². The van der Waals surface area contributed by atoms with E-state index < -0.39 is 11.5 Å². The molecule has 1 aliphatic rings. The molecule has 0 aromatic carbocycles. The van der Waals surface area contributed by atoms with Crippen molar-refractivity contribution in [3.8, 4) is 0 Å². The van der Waals surface area contributed by atoms with Gasteiger partial charge in [-0.2, -0.15) is 0 Å². The molecule has 0 aliphatic heterocycles. The summed E-state index contributed by atoms with van der Waals surface area (Å²) in [6.07, 6.45) is 1.70. The van der Waals surface area contributed by atoms with Crippen molar-refractivity contribution in [1.29, 1.82) is 0 Å². The van der Waals surface area contributed by atoms with Gasteiger partial charge >= 0.3 is 5.97 Å². The molecule has 0 radical (unpaired) electrons. The number of amides is 1. The summed E-state index contributed by atoms with van der Waals surface area (Å²) in [6.45, 7) is 1.57. The maximum atomic E-state index is 12.1. The van der Waals surface area contributed by atoms with Crippen molar-refractivity contribution < 1.29 is 14.7 Å². The summed E-state index contributed by atoms with van der Waals surface area (Å²) in [5.74, 6) is -1.29. The average Bonchev–Trinajstić information content (AvgIpc) is 3.07. The van der Waals surface area contributed by atoms with Gasteiger partial charge in [0.15, 0.2) is 0 Å². The number of carboxylic acids is 1. The van der Waals surface area contributed by atoms with E-state index in [9.17, 15) is 14.7 Å². The molecule has 2 N–H and O–H groups in total. The summed E-state index contributed by atoms with van der Waals surface area (Å²) in [5, 5.41) is 11.9. The van der Waals surface area contributed by atoms with Crippen molar-refractivity contribution in [2.75, 3.05) is 0 Å². The summed E-state index contributed by atoms with van der Waals surface area (Å²) in [4.78, 5) is 23.9. The Bertz CT molecular complexity index is 493. The molecule has 7 heteroatoms. The molecule has 1 aliphatic carbocycles. The van der Waals surface area contributed by atoms with Crippen molar-refractivity contribution >= 4 is 55.1 Å². The molecule has 1 amide bonds. The number of carboxylic acid groups (broad SMARTS) is 1. The summed E-state index contributed by atoms with van der Waals surface area (Å²) in [7, 11) is 0. The minimum absolute atomic E-state index is 0.0331. The van der Waals surface area contributed by atoms with Gasteiger partial charge in [0.1, 0.15) is 5.54 Å². The van der Waals surface area contributed by atoms with Crippen LogP contribution in [0.5, 0.6) is 0 Å². The van der Waals surface area contributed by atoms with E-state index in [1.165, 1.54) is 11.3 Å². The molecule has 2 rings (SSSR count). The van der Waals surface area contributed by atoms with E-state index in [1.54, 1.807) is 13.0 Å². The molecule has 98 valence electrons. The Morgan fingerprint density at radius 2 is 2.11 bits per heavy atom. The number of carbonyl (C=O) groups is 2. The number of thiophene rings is 1. The number of rotatable bonds is 4. The number of hydrogen-bond acceptors (Lipinski definition) is 3. The molecule has 1 unspecified atom stereocenters. The standard InChI is InChI=1S/C11H11Br2NO3S/c1-11(10(16)17,5-2-3-5)14-9(15)7-4-6(12)8(13)18-7/h4-5H,2-3H2,1H3,(H,14,15)(H,16,17). The molecule has 0 saturated heterocycles. The first-order chi connectivity index (χ1) is 8.34. The number of aliphatic carboxylic acids is 1. The molecule has 4 nitrogen and oxygen atoms in total. The first-order valence-corrected chi connectivity index (χ1v) is 7.75. The molecule has 1 saturated carbocycles. The van der Waals surface area contributed by atoms with E-state index in [1.807, 2.05) is 0 Å². The van der Waals surface area contributed by atoms with Crippen LogP contribution in [0.3, 0.4) is 0 Å². The van der Waals surface area contributed by atoms with Crippen LogP contribution in [0.4, 0.5) is 0 Å². The lowest BCUT2D eigenvalue weighted by atomic mass is 9.96. The second-order valence-electron chi connectivity index (χ2n) is 4.47. The van der Waals surface area contributed by atoms with Gasteiger partial charge in [-0.1, -0.05) is 0 Å². The fraction of sp³-hybridized carbons (Fsp3) is 0.455. The van der Waals surface area contributed by atoms with Crippen LogP contribution in [0.25, 0.3) is 0 Å². The molecule has 1 aromatic heterocycles. The number of carbonyl (C=O) groups excluding carboxylic acids is 1. The quantitative estimate of drug-likeness (QED) is 0.820. The van der Waals surface area contributed by atoms with Crippen molar-refractivity contribution in [1.82, 2.24) is 5.32 Å². The lowest BCUT2D eigenvalue weighted by Crippen LogP contribution is -2.53. The maximum absolute atomic E-state index is 12.1. The summed E-state index contributed by atoms with van der Waals surface area (Å²) in [5.41, 5.74) is -1.17. The van der Waals surface area contributed by atoms with Gasteiger partial charge in [0.2, 0.25) is 0 Å². The SMILES string of the molecule is CC(NC(=O)c1cc(Br)c(Br)s1)(C(=O)O)C1CC1. The Labute approximate surface area is 125 Å². The van der Waals surface area contributed by atoms with Gasteiger partial charge in [-0.15, -0.1) is 11.3 Å². The van der Waals surface area contributed by atoms with E-state index in [4.69, 9.17) is 0 Å². The number of hydrogen-bond donors (Lipinski definition) is 2. The second-order valence-corrected chi connectivity index (χ2v) is 7.69. The zero-order valence-corrected chi connectivity index (χ0v) is 13.5. The van der Waals surface area contributed by atoms with Crippen LogP contribution >= 0.6 is 43.2 Å². The van der Waals surface area contributed by atoms with E-state index in [2.05, 4.69) is 37.2 Å². The molecule has 1 atom stereocenters. The van der Waals surface area contributed by atoms with E-state index in [0.29, 0.717) is 4.88 Å². The fourth-order valence-electron chi connectivity index (χ4n) is 1.75. The van der Waals surface area contributed by atoms with E-state index >= 15 is 0 Å². The zero-order valence-electron chi connectivity index (χ0n) is 9.50. The lowest BCUT2D eigenvalue weighted by molar-refractivity contribution is -0.144. The summed E-state index contributed by atoms with van der Waals surface area (Å²) < 4.78 is 1.61. The number of nitrogens with one attached hydrogen (secondary N) is 1. The van der Waals surface area contributed by atoms with Crippen LogP contribution in [-0.2, 0) is 4.79 Å². The average molecular weight is 397 g/mol. The van der Waals surface area contributed by atoms with Gasteiger partial charge in [-0.05, 0) is 63.6 Å². The Morgan fingerprint density at radius 3 is 2.50 bits per heavy atom. The molecular formula is C11H11Br2NO3S. The zero-order chi connectivity index (χ0) is 13.5. The number of halogens is 2. The summed E-state index contributed by atoms with van der Waals surface area (Å²) in [6, 6.07) is 1.68. The van der Waals surface area contributed by atoms with Crippen molar-refractivity contribution in [2.24, 2.45) is 5.92 Å². The maximum Gasteiger partial charge on any atom is 0.329 e. The minimum Gasteiger partial charge on any atom is -0.480 e. The minimum atomic E-state index is -1.17. The highest BCUT2D eigenvalue weighted by Crippen LogP contribution is 2.40. The van der Waals surface area contributed by atoms with Gasteiger partial charge in [0, 0.05) is 4.47 Å². The van der Waals surface area contributed by atoms with Gasteiger partial charge in [0.05, 0.1) is 8.66 Å².